The molecule has 8 nitrogen and oxygen atoms in total. The lowest BCUT2D eigenvalue weighted by molar-refractivity contribution is -0.145. The van der Waals surface area contributed by atoms with Gasteiger partial charge in [0.25, 0.3) is 0 Å². The van der Waals surface area contributed by atoms with Crippen molar-refractivity contribution in [3.8, 4) is 0 Å². The Kier molecular flexibility index (Phi) is 5.95. The number of nitrogens with zero attached hydrogens (tertiary/aromatic N) is 3. The van der Waals surface area contributed by atoms with Crippen molar-refractivity contribution in [1.82, 2.24) is 14.7 Å². The monoisotopic (exact) mass is 374 g/mol. The van der Waals surface area contributed by atoms with E-state index in [1.165, 1.54) is 6.92 Å². The summed E-state index contributed by atoms with van der Waals surface area (Å²) < 4.78 is 0. The molecule has 2 N–H and O–H groups in total. The minimum absolute atomic E-state index is 0.0135. The van der Waals surface area contributed by atoms with Gasteiger partial charge in [-0.2, -0.15) is 0 Å². The minimum atomic E-state index is -0.917. The highest BCUT2D eigenvalue weighted by molar-refractivity contribution is 5.89. The molecule has 2 aliphatic rings. The molecule has 0 spiro atoms. The van der Waals surface area contributed by atoms with E-state index >= 15 is 0 Å². The summed E-state index contributed by atoms with van der Waals surface area (Å²) in [6.45, 7) is 5.17. The van der Waals surface area contributed by atoms with Crippen molar-refractivity contribution < 1.29 is 19.5 Å². The fraction of sp³-hybridized carbons (Fsp3) is 0.526. The molecule has 1 aromatic rings. The largest absolute Gasteiger partial charge is 0.480 e. The predicted molar refractivity (Wildman–Crippen MR) is 100 cm³/mol. The quantitative estimate of drug-likeness (QED) is 0.835. The second-order valence-corrected chi connectivity index (χ2v) is 7.03. The summed E-state index contributed by atoms with van der Waals surface area (Å²) in [5.41, 5.74) is 1.32. The smallest absolute Gasteiger partial charge is 0.325 e. The molecule has 3 amide bonds. The van der Waals surface area contributed by atoms with E-state index in [1.54, 1.807) is 34.1 Å². The van der Waals surface area contributed by atoms with Crippen molar-refractivity contribution in [3.05, 3.63) is 29.8 Å². The molecule has 1 atom stereocenters. The van der Waals surface area contributed by atoms with Crippen molar-refractivity contribution in [3.63, 3.8) is 0 Å². The first-order valence-electron chi connectivity index (χ1n) is 9.34. The highest BCUT2D eigenvalue weighted by Crippen LogP contribution is 2.24. The summed E-state index contributed by atoms with van der Waals surface area (Å²) in [5.74, 6) is -0.903. The Bertz CT molecular complexity index is 692. The maximum atomic E-state index is 12.2. The second kappa shape index (κ2) is 8.39. The maximum absolute atomic E-state index is 12.2. The summed E-state index contributed by atoms with van der Waals surface area (Å²) in [4.78, 5) is 40.8. The number of likely N-dealkylation sites (tertiary alicyclic amines) is 1. The zero-order valence-corrected chi connectivity index (χ0v) is 15.6. The molecule has 1 aromatic carbocycles. The van der Waals surface area contributed by atoms with Crippen LogP contribution < -0.4 is 5.32 Å². The first kappa shape index (κ1) is 19.2. The van der Waals surface area contributed by atoms with Crippen LogP contribution in [0.5, 0.6) is 0 Å². The van der Waals surface area contributed by atoms with Crippen molar-refractivity contribution in [2.45, 2.75) is 25.8 Å². The average molecular weight is 374 g/mol. The molecule has 2 aliphatic heterocycles. The Hall–Kier alpha value is -2.61. The van der Waals surface area contributed by atoms with Crippen LogP contribution in [-0.4, -0.2) is 77.0 Å². The lowest BCUT2D eigenvalue weighted by Gasteiger charge is -2.37. The predicted octanol–water partition coefficient (Wildman–Crippen LogP) is 1.60. The molecule has 0 bridgehead atoms. The summed E-state index contributed by atoms with van der Waals surface area (Å²) >= 11 is 0. The summed E-state index contributed by atoms with van der Waals surface area (Å²) in [7, 11) is 0. The van der Waals surface area contributed by atoms with E-state index in [0.717, 1.165) is 25.9 Å². The van der Waals surface area contributed by atoms with E-state index in [4.69, 9.17) is 0 Å². The van der Waals surface area contributed by atoms with Crippen LogP contribution >= 0.6 is 0 Å². The lowest BCUT2D eigenvalue weighted by Crippen LogP contribution is -2.50. The number of piperazine rings is 1. The normalized spacial score (nSPS) is 19.0. The van der Waals surface area contributed by atoms with Crippen LogP contribution in [0.2, 0.25) is 0 Å². The average Bonchev–Trinajstić information content (AvgIpc) is 3.18. The van der Waals surface area contributed by atoms with Crippen molar-refractivity contribution >= 4 is 23.6 Å². The third-order valence-electron chi connectivity index (χ3n) is 5.23. The van der Waals surface area contributed by atoms with Crippen molar-refractivity contribution in [1.29, 1.82) is 0 Å². The van der Waals surface area contributed by atoms with Gasteiger partial charge in [0, 0.05) is 51.9 Å². The topological polar surface area (TPSA) is 93.2 Å². The maximum Gasteiger partial charge on any atom is 0.325 e. The minimum Gasteiger partial charge on any atom is -0.480 e. The number of amides is 3. The number of urea groups is 1. The van der Waals surface area contributed by atoms with Crippen LogP contribution in [0.25, 0.3) is 0 Å². The van der Waals surface area contributed by atoms with E-state index in [1.807, 2.05) is 4.90 Å². The number of carbonyl (C=O) groups excluding carboxylic acids is 2. The zero-order valence-electron chi connectivity index (χ0n) is 15.6. The molecule has 2 fully saturated rings. The first-order valence-corrected chi connectivity index (χ1v) is 9.34. The number of nitrogens with one attached hydrogen (secondary N) is 1. The van der Waals surface area contributed by atoms with E-state index in [-0.39, 0.29) is 11.9 Å². The fourth-order valence-corrected chi connectivity index (χ4v) is 3.68. The van der Waals surface area contributed by atoms with Crippen LogP contribution in [0, 0.1) is 0 Å². The van der Waals surface area contributed by atoms with Gasteiger partial charge in [-0.15, -0.1) is 0 Å². The molecular weight excluding hydrogens is 348 g/mol. The van der Waals surface area contributed by atoms with Gasteiger partial charge in [0.1, 0.15) is 6.04 Å². The second-order valence-electron chi connectivity index (χ2n) is 7.03. The third-order valence-corrected chi connectivity index (χ3v) is 5.23. The number of hydrogen-bond acceptors (Lipinski definition) is 4. The number of benzene rings is 1. The molecule has 0 aliphatic carbocycles. The third kappa shape index (κ3) is 4.57. The SMILES string of the molecule is CC(=O)N1CCN([C@H](C(=O)O)c2ccc(NC(=O)N3CCCC3)cc2)CC1. The van der Waals surface area contributed by atoms with Crippen LogP contribution in [0.3, 0.4) is 0 Å². The number of anilines is 1. The molecule has 146 valence electrons. The Morgan fingerprint density at radius 1 is 0.926 bits per heavy atom. The van der Waals surface area contributed by atoms with E-state index in [2.05, 4.69) is 5.32 Å². The van der Waals surface area contributed by atoms with Gasteiger partial charge in [0.05, 0.1) is 0 Å². The fourth-order valence-electron chi connectivity index (χ4n) is 3.68. The number of carbonyl (C=O) groups is 3. The molecule has 0 unspecified atom stereocenters. The van der Waals surface area contributed by atoms with E-state index < -0.39 is 12.0 Å². The van der Waals surface area contributed by atoms with Gasteiger partial charge in [-0.3, -0.25) is 14.5 Å². The summed E-state index contributed by atoms with van der Waals surface area (Å²) in [6, 6.07) is 6.10. The summed E-state index contributed by atoms with van der Waals surface area (Å²) in [5, 5.41) is 12.6. The van der Waals surface area contributed by atoms with Gasteiger partial charge in [-0.1, -0.05) is 12.1 Å². The van der Waals surface area contributed by atoms with Crippen molar-refractivity contribution in [2.24, 2.45) is 0 Å². The van der Waals surface area contributed by atoms with Crippen LogP contribution in [0.1, 0.15) is 31.4 Å². The molecular formula is C19H26N4O4. The zero-order chi connectivity index (χ0) is 19.4. The molecule has 0 aromatic heterocycles. The van der Waals surface area contributed by atoms with E-state index in [9.17, 15) is 19.5 Å². The molecule has 8 heteroatoms. The van der Waals surface area contributed by atoms with Crippen LogP contribution in [-0.2, 0) is 9.59 Å². The van der Waals surface area contributed by atoms with Gasteiger partial charge >= 0.3 is 12.0 Å². The standard InChI is InChI=1S/C19H26N4O4/c1-14(24)21-10-12-22(13-11-21)17(18(25)26)15-4-6-16(7-5-15)20-19(27)23-8-2-3-9-23/h4-7,17H,2-3,8-13H2,1H3,(H,20,27)(H,25,26)/t17-/m0/s1. The van der Waals surface area contributed by atoms with E-state index in [0.29, 0.717) is 37.4 Å². The Labute approximate surface area is 158 Å². The van der Waals surface area contributed by atoms with Crippen LogP contribution in [0.4, 0.5) is 10.5 Å². The van der Waals surface area contributed by atoms with Gasteiger partial charge in [0.15, 0.2) is 0 Å². The Balaban J connectivity index is 1.65. The first-order chi connectivity index (χ1) is 13.0. The van der Waals surface area contributed by atoms with Gasteiger partial charge in [-0.25, -0.2) is 4.79 Å². The number of carboxylic acid groups (broad SMARTS) is 1. The number of aliphatic carboxylic acids is 1. The molecule has 2 saturated heterocycles. The molecule has 2 heterocycles. The Morgan fingerprint density at radius 2 is 1.52 bits per heavy atom. The highest BCUT2D eigenvalue weighted by atomic mass is 16.4. The molecule has 0 radical (unpaired) electrons. The Morgan fingerprint density at radius 3 is 2.04 bits per heavy atom. The van der Waals surface area contributed by atoms with Gasteiger partial charge < -0.3 is 20.2 Å². The number of carboxylic acids is 1. The lowest BCUT2D eigenvalue weighted by atomic mass is 10.0. The highest BCUT2D eigenvalue weighted by Gasteiger charge is 2.30. The van der Waals surface area contributed by atoms with Crippen molar-refractivity contribution in [2.75, 3.05) is 44.6 Å². The number of rotatable bonds is 4. The number of hydrogen-bond donors (Lipinski definition) is 2. The summed E-state index contributed by atoms with van der Waals surface area (Å²) in [6.07, 6.45) is 2.06. The molecule has 27 heavy (non-hydrogen) atoms. The molecule has 3 rings (SSSR count). The van der Waals surface area contributed by atoms with Crippen LogP contribution in [0.15, 0.2) is 24.3 Å². The molecule has 0 saturated carbocycles. The van der Waals surface area contributed by atoms with Gasteiger partial charge in [-0.05, 0) is 30.5 Å². The van der Waals surface area contributed by atoms with Gasteiger partial charge in [0.2, 0.25) is 5.91 Å².